The van der Waals surface area contributed by atoms with E-state index >= 15 is 0 Å². The Morgan fingerprint density at radius 1 is 1.53 bits per heavy atom. The number of aryl methyl sites for hydroxylation is 1. The maximum atomic E-state index is 12.0. The molecular weight excluding hydrogens is 240 g/mol. The van der Waals surface area contributed by atoms with Crippen molar-refractivity contribution < 1.29 is 28.3 Å². The van der Waals surface area contributed by atoms with E-state index in [0.717, 1.165) is 6.07 Å². The number of carboxylic acid groups (broad SMARTS) is 1. The average Bonchev–Trinajstić information content (AvgIpc) is 2.19. The smallest absolute Gasteiger partial charge is 0.387 e. The summed E-state index contributed by atoms with van der Waals surface area (Å²) >= 11 is 0. The first kappa shape index (κ1) is 12.8. The van der Waals surface area contributed by atoms with E-state index in [2.05, 4.69) is 4.74 Å². The van der Waals surface area contributed by atoms with E-state index in [9.17, 15) is 23.7 Å². The Labute approximate surface area is 93.6 Å². The first-order chi connectivity index (χ1) is 7.82. The molecule has 0 heterocycles. The quantitative estimate of drug-likeness (QED) is 0.650. The molecule has 6 nitrogen and oxygen atoms in total. The highest BCUT2D eigenvalue weighted by Gasteiger charge is 2.23. The summed E-state index contributed by atoms with van der Waals surface area (Å²) in [6, 6.07) is 1.69. The molecule has 0 aromatic heterocycles. The minimum absolute atomic E-state index is 0.0445. The molecule has 0 fully saturated rings. The molecule has 0 atom stereocenters. The van der Waals surface area contributed by atoms with Crippen LogP contribution in [0.1, 0.15) is 15.9 Å². The van der Waals surface area contributed by atoms with Crippen LogP contribution in [-0.4, -0.2) is 22.6 Å². The molecule has 17 heavy (non-hydrogen) atoms. The Morgan fingerprint density at radius 2 is 2.12 bits per heavy atom. The third kappa shape index (κ3) is 2.86. The second kappa shape index (κ2) is 4.73. The fourth-order valence-electron chi connectivity index (χ4n) is 1.26. The Balaban J connectivity index is 3.38. The van der Waals surface area contributed by atoms with Gasteiger partial charge in [0.1, 0.15) is 0 Å². The molecule has 0 bridgehead atoms. The summed E-state index contributed by atoms with van der Waals surface area (Å²) in [5.74, 6) is -2.02. The molecule has 0 saturated heterocycles. The fourth-order valence-corrected chi connectivity index (χ4v) is 1.26. The molecule has 0 radical (unpaired) electrons. The molecule has 0 aliphatic heterocycles. The molecule has 0 unspecified atom stereocenters. The van der Waals surface area contributed by atoms with Crippen LogP contribution in [0.3, 0.4) is 0 Å². The standard InChI is InChI=1S/C9H7F2NO5/c1-4-2-5(8(13)14)3-6(12(15)16)7(4)17-9(10)11/h2-3,9H,1H3,(H,13,14). The number of carboxylic acids is 1. The lowest BCUT2D eigenvalue weighted by molar-refractivity contribution is -0.386. The van der Waals surface area contributed by atoms with Crippen molar-refractivity contribution in [3.05, 3.63) is 33.4 Å². The zero-order valence-corrected chi connectivity index (χ0v) is 8.52. The number of halogens is 2. The van der Waals surface area contributed by atoms with Crippen LogP contribution in [0.2, 0.25) is 0 Å². The molecular formula is C9H7F2NO5. The summed E-state index contributed by atoms with van der Waals surface area (Å²) in [7, 11) is 0. The second-order valence-corrected chi connectivity index (χ2v) is 3.08. The van der Waals surface area contributed by atoms with Gasteiger partial charge >= 0.3 is 18.3 Å². The maximum Gasteiger partial charge on any atom is 0.387 e. The minimum Gasteiger partial charge on any atom is -0.478 e. The highest BCUT2D eigenvalue weighted by molar-refractivity contribution is 5.89. The third-order valence-electron chi connectivity index (χ3n) is 1.91. The van der Waals surface area contributed by atoms with Crippen LogP contribution in [0.4, 0.5) is 14.5 Å². The van der Waals surface area contributed by atoms with E-state index in [1.807, 2.05) is 0 Å². The molecule has 1 aromatic carbocycles. The summed E-state index contributed by atoms with van der Waals surface area (Å²) < 4.78 is 28.1. The summed E-state index contributed by atoms with van der Waals surface area (Å²) in [5, 5.41) is 19.3. The first-order valence-corrected chi connectivity index (χ1v) is 4.30. The summed E-state index contributed by atoms with van der Waals surface area (Å²) in [6.07, 6.45) is 0. The number of nitro groups is 1. The lowest BCUT2D eigenvalue weighted by Gasteiger charge is -2.09. The van der Waals surface area contributed by atoms with Gasteiger partial charge in [0.2, 0.25) is 5.75 Å². The van der Waals surface area contributed by atoms with E-state index < -0.39 is 28.9 Å². The van der Waals surface area contributed by atoms with E-state index in [1.54, 1.807) is 0 Å². The number of hydrogen-bond donors (Lipinski definition) is 1. The number of benzene rings is 1. The van der Waals surface area contributed by atoms with Crippen molar-refractivity contribution in [3.8, 4) is 5.75 Å². The van der Waals surface area contributed by atoms with Crippen molar-refractivity contribution in [1.29, 1.82) is 0 Å². The SMILES string of the molecule is Cc1cc(C(=O)O)cc([N+](=O)[O-])c1OC(F)F. The Hall–Kier alpha value is -2.25. The number of rotatable bonds is 4. The van der Waals surface area contributed by atoms with Crippen LogP contribution >= 0.6 is 0 Å². The summed E-state index contributed by atoms with van der Waals surface area (Å²) in [6.45, 7) is -1.97. The van der Waals surface area contributed by atoms with Gasteiger partial charge in [0, 0.05) is 6.07 Å². The summed E-state index contributed by atoms with van der Waals surface area (Å²) in [4.78, 5) is 20.3. The van der Waals surface area contributed by atoms with Crippen LogP contribution in [-0.2, 0) is 0 Å². The molecule has 0 saturated carbocycles. The van der Waals surface area contributed by atoms with Crippen LogP contribution in [0, 0.1) is 17.0 Å². The van der Waals surface area contributed by atoms with Gasteiger partial charge in [-0.05, 0) is 18.6 Å². The normalized spacial score (nSPS) is 10.4. The van der Waals surface area contributed by atoms with Gasteiger partial charge in [-0.2, -0.15) is 8.78 Å². The number of aromatic carboxylic acids is 1. The number of hydrogen-bond acceptors (Lipinski definition) is 4. The summed E-state index contributed by atoms with van der Waals surface area (Å²) in [5.41, 5.74) is -1.21. The van der Waals surface area contributed by atoms with Gasteiger partial charge in [-0.1, -0.05) is 0 Å². The molecule has 0 amide bonds. The molecule has 0 spiro atoms. The van der Waals surface area contributed by atoms with Gasteiger partial charge in [-0.3, -0.25) is 10.1 Å². The largest absolute Gasteiger partial charge is 0.478 e. The van der Waals surface area contributed by atoms with Crippen molar-refractivity contribution in [2.24, 2.45) is 0 Å². The van der Waals surface area contributed by atoms with Gasteiger partial charge in [-0.25, -0.2) is 4.79 Å². The highest BCUT2D eigenvalue weighted by Crippen LogP contribution is 2.33. The van der Waals surface area contributed by atoms with Crippen LogP contribution < -0.4 is 4.74 Å². The molecule has 8 heteroatoms. The first-order valence-electron chi connectivity index (χ1n) is 4.30. The molecule has 1 rings (SSSR count). The Morgan fingerprint density at radius 3 is 2.53 bits per heavy atom. The average molecular weight is 247 g/mol. The lowest BCUT2D eigenvalue weighted by atomic mass is 10.1. The Kier molecular flexibility index (Phi) is 3.56. The van der Waals surface area contributed by atoms with Crippen LogP contribution in [0.25, 0.3) is 0 Å². The van der Waals surface area contributed by atoms with E-state index in [1.165, 1.54) is 6.92 Å². The maximum absolute atomic E-state index is 12.0. The van der Waals surface area contributed by atoms with Gasteiger partial charge in [0.25, 0.3) is 0 Å². The van der Waals surface area contributed by atoms with Gasteiger partial charge < -0.3 is 9.84 Å². The molecule has 1 N–H and O–H groups in total. The molecule has 0 aliphatic rings. The van der Waals surface area contributed by atoms with Gasteiger partial charge in [0.05, 0.1) is 10.5 Å². The fraction of sp³-hybridized carbons (Fsp3) is 0.222. The predicted octanol–water partition coefficient (Wildman–Crippen LogP) is 2.20. The highest BCUT2D eigenvalue weighted by atomic mass is 19.3. The van der Waals surface area contributed by atoms with E-state index in [-0.39, 0.29) is 11.1 Å². The second-order valence-electron chi connectivity index (χ2n) is 3.08. The van der Waals surface area contributed by atoms with Crippen molar-refractivity contribution in [1.82, 2.24) is 0 Å². The van der Waals surface area contributed by atoms with Crippen LogP contribution in [0.15, 0.2) is 12.1 Å². The van der Waals surface area contributed by atoms with Gasteiger partial charge in [-0.15, -0.1) is 0 Å². The van der Waals surface area contributed by atoms with Crippen molar-refractivity contribution in [2.75, 3.05) is 0 Å². The number of ether oxygens (including phenoxy) is 1. The van der Waals surface area contributed by atoms with Crippen LogP contribution in [0.5, 0.6) is 5.75 Å². The zero-order chi connectivity index (χ0) is 13.2. The van der Waals surface area contributed by atoms with Crippen molar-refractivity contribution in [2.45, 2.75) is 13.5 Å². The minimum atomic E-state index is -3.22. The lowest BCUT2D eigenvalue weighted by Crippen LogP contribution is -2.08. The number of nitrogens with zero attached hydrogens (tertiary/aromatic N) is 1. The van der Waals surface area contributed by atoms with Gasteiger partial charge in [0.15, 0.2) is 0 Å². The number of carbonyl (C=O) groups is 1. The molecule has 92 valence electrons. The Bertz CT molecular complexity index is 475. The van der Waals surface area contributed by atoms with Crippen molar-refractivity contribution >= 4 is 11.7 Å². The van der Waals surface area contributed by atoms with E-state index in [0.29, 0.717) is 6.07 Å². The molecule has 0 aliphatic carbocycles. The van der Waals surface area contributed by atoms with E-state index in [4.69, 9.17) is 5.11 Å². The third-order valence-corrected chi connectivity index (χ3v) is 1.91. The predicted molar refractivity (Wildman–Crippen MR) is 51.4 cm³/mol. The molecule has 1 aromatic rings. The van der Waals surface area contributed by atoms with Crippen molar-refractivity contribution in [3.63, 3.8) is 0 Å². The zero-order valence-electron chi connectivity index (χ0n) is 8.52. The topological polar surface area (TPSA) is 89.7 Å². The number of nitro benzene ring substituents is 1. The number of alkyl halides is 2. The monoisotopic (exact) mass is 247 g/mol.